The lowest BCUT2D eigenvalue weighted by atomic mass is 10.0. The summed E-state index contributed by atoms with van der Waals surface area (Å²) in [5.74, 6) is -0.106. The number of nitrogens with zero attached hydrogens (tertiary/aromatic N) is 2. The van der Waals surface area contributed by atoms with Crippen LogP contribution in [0, 0.1) is 12.7 Å². The van der Waals surface area contributed by atoms with Gasteiger partial charge in [-0.25, -0.2) is 4.39 Å². The molecule has 4 nitrogen and oxygen atoms in total. The molecule has 0 saturated carbocycles. The van der Waals surface area contributed by atoms with Crippen LogP contribution in [0.1, 0.15) is 35.5 Å². The Morgan fingerprint density at radius 2 is 2.25 bits per heavy atom. The van der Waals surface area contributed by atoms with E-state index in [-0.39, 0.29) is 17.6 Å². The molecule has 0 radical (unpaired) electrons. The lowest BCUT2D eigenvalue weighted by Crippen LogP contribution is -2.23. The highest BCUT2D eigenvalue weighted by Crippen LogP contribution is 2.29. The quantitative estimate of drug-likeness (QED) is 0.889. The van der Waals surface area contributed by atoms with Crippen LogP contribution in [-0.4, -0.2) is 23.2 Å². The molecule has 0 amide bonds. The average molecular weight is 295 g/mol. The molecule has 1 aromatic heterocycles. The Hall–Kier alpha value is -1.53. The predicted molar refractivity (Wildman–Crippen MR) is 77.7 cm³/mol. The van der Waals surface area contributed by atoms with Crippen LogP contribution < -0.4 is 10.1 Å². The van der Waals surface area contributed by atoms with Crippen LogP contribution in [0.15, 0.2) is 18.2 Å². The van der Waals surface area contributed by atoms with E-state index in [2.05, 4.69) is 21.8 Å². The zero-order valence-corrected chi connectivity index (χ0v) is 12.6. The third kappa shape index (κ3) is 3.13. The number of methoxy groups -OCH3 is 1. The molecule has 1 heterocycles. The Morgan fingerprint density at radius 3 is 2.80 bits per heavy atom. The molecular formula is C14H18FN3OS. The molecule has 0 aliphatic rings. The second-order valence-corrected chi connectivity index (χ2v) is 5.29. The summed E-state index contributed by atoms with van der Waals surface area (Å²) in [5.41, 5.74) is 1.73. The van der Waals surface area contributed by atoms with E-state index in [4.69, 9.17) is 4.74 Å². The predicted octanol–water partition coefficient (Wildman–Crippen LogP) is 3.08. The number of hydrogen-bond donors (Lipinski definition) is 1. The first-order chi connectivity index (χ1) is 9.67. The zero-order chi connectivity index (χ0) is 14.5. The van der Waals surface area contributed by atoms with Gasteiger partial charge in [-0.15, -0.1) is 5.10 Å². The first-order valence-electron chi connectivity index (χ1n) is 6.53. The Labute approximate surface area is 122 Å². The number of nitrogens with one attached hydrogen (secondary N) is 1. The number of halogens is 1. The SMILES string of the molecule is CCCNC(c1ccc(OC)c(F)c1)c1snnc1C. The summed E-state index contributed by atoms with van der Waals surface area (Å²) >= 11 is 1.34. The van der Waals surface area contributed by atoms with Gasteiger partial charge >= 0.3 is 0 Å². The molecule has 2 rings (SSSR count). The number of ether oxygens (including phenoxy) is 1. The van der Waals surface area contributed by atoms with Gasteiger partial charge < -0.3 is 10.1 Å². The number of aryl methyl sites for hydroxylation is 1. The van der Waals surface area contributed by atoms with Gasteiger partial charge in [-0.2, -0.15) is 0 Å². The molecule has 0 spiro atoms. The summed E-state index contributed by atoms with van der Waals surface area (Å²) in [7, 11) is 1.46. The fourth-order valence-corrected chi connectivity index (χ4v) is 2.76. The molecule has 0 bridgehead atoms. The molecule has 1 N–H and O–H groups in total. The van der Waals surface area contributed by atoms with Crippen molar-refractivity contribution in [2.45, 2.75) is 26.3 Å². The third-order valence-corrected chi connectivity index (χ3v) is 3.95. The van der Waals surface area contributed by atoms with Crippen LogP contribution in [0.4, 0.5) is 4.39 Å². The Bertz CT molecular complexity index is 573. The van der Waals surface area contributed by atoms with Crippen molar-refractivity contribution in [3.8, 4) is 5.75 Å². The number of aromatic nitrogens is 2. The van der Waals surface area contributed by atoms with Gasteiger partial charge in [0.15, 0.2) is 11.6 Å². The molecule has 0 aliphatic carbocycles. The second-order valence-electron chi connectivity index (χ2n) is 4.50. The fourth-order valence-electron chi connectivity index (χ4n) is 2.02. The average Bonchev–Trinajstić information content (AvgIpc) is 2.86. The maximum Gasteiger partial charge on any atom is 0.165 e. The van der Waals surface area contributed by atoms with Crippen molar-refractivity contribution in [2.24, 2.45) is 0 Å². The standard InChI is InChI=1S/C14H18FN3OS/c1-4-7-16-13(14-9(2)17-18-20-14)10-5-6-12(19-3)11(15)8-10/h5-6,8,13,16H,4,7H2,1-3H3. The molecule has 0 fully saturated rings. The van der Waals surface area contributed by atoms with Crippen LogP contribution in [0.2, 0.25) is 0 Å². The topological polar surface area (TPSA) is 47.0 Å². The molecule has 20 heavy (non-hydrogen) atoms. The summed E-state index contributed by atoms with van der Waals surface area (Å²) in [6, 6.07) is 4.93. The first kappa shape index (κ1) is 14.9. The lowest BCUT2D eigenvalue weighted by molar-refractivity contribution is 0.385. The van der Waals surface area contributed by atoms with Crippen LogP contribution in [0.25, 0.3) is 0 Å². The Morgan fingerprint density at radius 1 is 1.45 bits per heavy atom. The van der Waals surface area contributed by atoms with Crippen LogP contribution in [-0.2, 0) is 0 Å². The van der Waals surface area contributed by atoms with Crippen LogP contribution in [0.5, 0.6) is 5.75 Å². The number of hydrogen-bond acceptors (Lipinski definition) is 5. The van der Waals surface area contributed by atoms with E-state index in [1.807, 2.05) is 13.0 Å². The van der Waals surface area contributed by atoms with Crippen molar-refractivity contribution in [3.05, 3.63) is 40.2 Å². The molecule has 0 aliphatic heterocycles. The molecule has 2 aromatic rings. The molecule has 1 atom stereocenters. The van der Waals surface area contributed by atoms with Crippen molar-refractivity contribution < 1.29 is 9.13 Å². The largest absolute Gasteiger partial charge is 0.494 e. The van der Waals surface area contributed by atoms with Gasteiger partial charge in [0, 0.05) is 0 Å². The molecule has 1 unspecified atom stereocenters. The van der Waals surface area contributed by atoms with Crippen molar-refractivity contribution in [2.75, 3.05) is 13.7 Å². The van der Waals surface area contributed by atoms with Crippen molar-refractivity contribution >= 4 is 11.5 Å². The van der Waals surface area contributed by atoms with E-state index in [0.717, 1.165) is 29.1 Å². The Balaban J connectivity index is 2.36. The monoisotopic (exact) mass is 295 g/mol. The molecule has 108 valence electrons. The van der Waals surface area contributed by atoms with E-state index >= 15 is 0 Å². The lowest BCUT2D eigenvalue weighted by Gasteiger charge is -2.18. The van der Waals surface area contributed by atoms with Crippen LogP contribution >= 0.6 is 11.5 Å². The normalized spacial score (nSPS) is 12.4. The molecule has 6 heteroatoms. The summed E-state index contributed by atoms with van der Waals surface area (Å²) < 4.78 is 22.8. The summed E-state index contributed by atoms with van der Waals surface area (Å²) in [5, 5.41) is 7.45. The highest BCUT2D eigenvalue weighted by Gasteiger charge is 2.20. The van der Waals surface area contributed by atoms with Crippen LogP contribution in [0.3, 0.4) is 0 Å². The number of rotatable bonds is 6. The smallest absolute Gasteiger partial charge is 0.165 e. The van der Waals surface area contributed by atoms with E-state index in [1.165, 1.54) is 24.7 Å². The molecular weight excluding hydrogens is 277 g/mol. The maximum absolute atomic E-state index is 13.9. The van der Waals surface area contributed by atoms with Crippen molar-refractivity contribution in [1.82, 2.24) is 14.9 Å². The van der Waals surface area contributed by atoms with Crippen molar-refractivity contribution in [3.63, 3.8) is 0 Å². The van der Waals surface area contributed by atoms with Gasteiger partial charge in [-0.3, -0.25) is 0 Å². The van der Waals surface area contributed by atoms with Gasteiger partial charge in [0.2, 0.25) is 0 Å². The first-order valence-corrected chi connectivity index (χ1v) is 7.30. The molecule has 1 aromatic carbocycles. The Kier molecular flexibility index (Phi) is 5.03. The summed E-state index contributed by atoms with van der Waals surface area (Å²) in [6.07, 6.45) is 1.00. The van der Waals surface area contributed by atoms with Gasteiger partial charge in [0.1, 0.15) is 0 Å². The molecule has 0 saturated heterocycles. The summed E-state index contributed by atoms with van der Waals surface area (Å²) in [6.45, 7) is 4.85. The zero-order valence-electron chi connectivity index (χ0n) is 11.8. The highest BCUT2D eigenvalue weighted by atomic mass is 32.1. The van der Waals surface area contributed by atoms with Gasteiger partial charge in [-0.1, -0.05) is 17.5 Å². The third-order valence-electron chi connectivity index (χ3n) is 3.06. The van der Waals surface area contributed by atoms with Gasteiger partial charge in [-0.05, 0) is 49.1 Å². The highest BCUT2D eigenvalue weighted by molar-refractivity contribution is 7.05. The van der Waals surface area contributed by atoms with E-state index < -0.39 is 0 Å². The van der Waals surface area contributed by atoms with Crippen molar-refractivity contribution in [1.29, 1.82) is 0 Å². The second kappa shape index (κ2) is 6.76. The summed E-state index contributed by atoms with van der Waals surface area (Å²) in [4.78, 5) is 1.02. The van der Waals surface area contributed by atoms with E-state index in [1.54, 1.807) is 6.07 Å². The minimum Gasteiger partial charge on any atom is -0.494 e. The van der Waals surface area contributed by atoms with E-state index in [9.17, 15) is 4.39 Å². The minimum atomic E-state index is -0.358. The number of benzene rings is 1. The maximum atomic E-state index is 13.9. The fraction of sp³-hybridized carbons (Fsp3) is 0.429. The minimum absolute atomic E-state index is 0.0876. The van der Waals surface area contributed by atoms with E-state index in [0.29, 0.717) is 0 Å². The van der Waals surface area contributed by atoms with Gasteiger partial charge in [0.05, 0.1) is 23.7 Å². The van der Waals surface area contributed by atoms with Gasteiger partial charge in [0.25, 0.3) is 0 Å².